The Balaban J connectivity index is 2.14. The number of unbranched alkanes of at least 4 members (excludes halogenated alkanes) is 2. The van der Waals surface area contributed by atoms with Crippen molar-refractivity contribution in [3.8, 4) is 23.8 Å². The molecule has 0 aliphatic heterocycles. The third kappa shape index (κ3) is 5.25. The number of hydrogen-bond donors (Lipinski definition) is 2. The fourth-order valence-electron chi connectivity index (χ4n) is 5.68. The number of terminal acetylenes is 1. The summed E-state index contributed by atoms with van der Waals surface area (Å²) in [5.74, 6) is 3.75. The Morgan fingerprint density at radius 3 is 1.83 bits per heavy atom. The van der Waals surface area contributed by atoms with Gasteiger partial charge in [-0.2, -0.15) is 0 Å². The molecule has 4 aromatic rings. The minimum Gasteiger partial charge on any atom is -0.497 e. The molecule has 0 saturated carbocycles. The first-order chi connectivity index (χ1) is 20.2. The van der Waals surface area contributed by atoms with Crippen molar-refractivity contribution in [3.63, 3.8) is 0 Å². The molecule has 8 nitrogen and oxygen atoms in total. The van der Waals surface area contributed by atoms with Crippen molar-refractivity contribution in [1.82, 2.24) is 9.13 Å². The first-order valence-corrected chi connectivity index (χ1v) is 13.8. The lowest BCUT2D eigenvalue weighted by molar-refractivity contribution is -0.164. The van der Waals surface area contributed by atoms with Crippen molar-refractivity contribution < 1.29 is 19.7 Å². The lowest BCUT2D eigenvalue weighted by atomic mass is 9.61. The van der Waals surface area contributed by atoms with Crippen LogP contribution in [0.1, 0.15) is 42.9 Å². The van der Waals surface area contributed by atoms with E-state index in [1.807, 2.05) is 30.3 Å². The van der Waals surface area contributed by atoms with E-state index in [1.54, 1.807) is 62.8 Å². The molecule has 1 heterocycles. The second-order valence-corrected chi connectivity index (χ2v) is 10.1. The van der Waals surface area contributed by atoms with Crippen LogP contribution in [0.3, 0.4) is 0 Å². The first kappa shape index (κ1) is 30.4. The summed E-state index contributed by atoms with van der Waals surface area (Å²) in [6, 6.07) is 24.6. The summed E-state index contributed by atoms with van der Waals surface area (Å²) in [6.45, 7) is 1.54. The average molecular weight is 569 g/mol. The number of benzene rings is 3. The summed E-state index contributed by atoms with van der Waals surface area (Å²) in [6.07, 6.45) is 6.74. The molecule has 2 unspecified atom stereocenters. The molecule has 3 aromatic carbocycles. The molecule has 0 saturated heterocycles. The molecule has 0 aliphatic carbocycles. The molecule has 0 fully saturated rings. The van der Waals surface area contributed by atoms with E-state index in [0.717, 1.165) is 9.13 Å². The van der Waals surface area contributed by atoms with E-state index in [0.29, 0.717) is 47.5 Å². The van der Waals surface area contributed by atoms with Crippen LogP contribution in [0, 0.1) is 12.3 Å². The molecule has 2 atom stereocenters. The van der Waals surface area contributed by atoms with E-state index in [-0.39, 0.29) is 6.54 Å². The van der Waals surface area contributed by atoms with Gasteiger partial charge in [0, 0.05) is 25.2 Å². The van der Waals surface area contributed by atoms with Crippen molar-refractivity contribution in [2.24, 2.45) is 0 Å². The Morgan fingerprint density at radius 1 is 0.833 bits per heavy atom. The summed E-state index contributed by atoms with van der Waals surface area (Å²) in [5.41, 5.74) is -3.44. The maximum Gasteiger partial charge on any atom is 0.333 e. The molecule has 4 rings (SSSR count). The minimum absolute atomic E-state index is 0.111. The van der Waals surface area contributed by atoms with Gasteiger partial charge in [-0.05, 0) is 60.7 Å². The number of rotatable bonds is 12. The zero-order chi connectivity index (χ0) is 30.3. The number of ether oxygens (including phenoxy) is 2. The second-order valence-electron chi connectivity index (χ2n) is 10.1. The van der Waals surface area contributed by atoms with Crippen LogP contribution < -0.4 is 20.7 Å². The first-order valence-electron chi connectivity index (χ1n) is 13.8. The van der Waals surface area contributed by atoms with Gasteiger partial charge in [0.25, 0.3) is 5.56 Å². The van der Waals surface area contributed by atoms with Crippen molar-refractivity contribution in [1.29, 1.82) is 0 Å². The molecule has 0 aliphatic rings. The number of methoxy groups -OCH3 is 2. The Labute approximate surface area is 245 Å². The largest absolute Gasteiger partial charge is 0.497 e. The fourth-order valence-corrected chi connectivity index (χ4v) is 5.68. The predicted molar refractivity (Wildman–Crippen MR) is 162 cm³/mol. The minimum atomic E-state index is -2.34. The van der Waals surface area contributed by atoms with Crippen LogP contribution >= 0.6 is 0 Å². The molecule has 8 heteroatoms. The summed E-state index contributed by atoms with van der Waals surface area (Å²) < 4.78 is 13.0. The molecule has 2 N–H and O–H groups in total. The van der Waals surface area contributed by atoms with Crippen LogP contribution in [0.2, 0.25) is 0 Å². The van der Waals surface area contributed by atoms with Gasteiger partial charge in [0.15, 0.2) is 5.72 Å². The van der Waals surface area contributed by atoms with Crippen molar-refractivity contribution in [2.45, 2.75) is 50.0 Å². The van der Waals surface area contributed by atoms with Gasteiger partial charge in [-0.3, -0.25) is 13.9 Å². The molecule has 0 bridgehead atoms. The van der Waals surface area contributed by atoms with Crippen LogP contribution in [0.4, 0.5) is 0 Å². The van der Waals surface area contributed by atoms with Crippen LogP contribution in [-0.2, 0) is 17.7 Å². The highest BCUT2D eigenvalue weighted by atomic mass is 16.5. The molecular formula is C34H36N2O6. The van der Waals surface area contributed by atoms with E-state index in [4.69, 9.17) is 15.9 Å². The number of aliphatic hydroxyl groups is 2. The van der Waals surface area contributed by atoms with Crippen LogP contribution in [-0.4, -0.2) is 39.7 Å². The third-order valence-electron chi connectivity index (χ3n) is 7.78. The van der Waals surface area contributed by atoms with Gasteiger partial charge < -0.3 is 19.7 Å². The van der Waals surface area contributed by atoms with E-state index in [9.17, 15) is 19.8 Å². The van der Waals surface area contributed by atoms with Gasteiger partial charge in [-0.1, -0.05) is 54.6 Å². The van der Waals surface area contributed by atoms with Gasteiger partial charge in [0.2, 0.25) is 0 Å². The highest BCUT2D eigenvalue weighted by Gasteiger charge is 2.59. The topological polar surface area (TPSA) is 103 Å². The Kier molecular flexibility index (Phi) is 9.36. The summed E-state index contributed by atoms with van der Waals surface area (Å²) in [7, 11) is 3.11. The predicted octanol–water partition coefficient (Wildman–Crippen LogP) is 3.89. The lowest BCUT2D eigenvalue weighted by Crippen LogP contribution is -2.64. The highest BCUT2D eigenvalue weighted by Crippen LogP contribution is 2.51. The quantitative estimate of drug-likeness (QED) is 0.153. The van der Waals surface area contributed by atoms with Gasteiger partial charge in [0.1, 0.15) is 17.6 Å². The fraction of sp³-hybridized carbons (Fsp3) is 0.294. The highest BCUT2D eigenvalue weighted by molar-refractivity contribution is 5.55. The van der Waals surface area contributed by atoms with Crippen LogP contribution in [0.15, 0.2) is 101 Å². The van der Waals surface area contributed by atoms with E-state index >= 15 is 0 Å². The zero-order valence-corrected chi connectivity index (χ0v) is 24.1. The number of hydrogen-bond acceptors (Lipinski definition) is 6. The van der Waals surface area contributed by atoms with Crippen molar-refractivity contribution >= 4 is 0 Å². The Bertz CT molecular complexity index is 1590. The second kappa shape index (κ2) is 12.9. The van der Waals surface area contributed by atoms with E-state index < -0.39 is 28.5 Å². The molecular weight excluding hydrogens is 532 g/mol. The number of aromatic nitrogens is 2. The normalized spacial score (nSPS) is 13.5. The van der Waals surface area contributed by atoms with Crippen molar-refractivity contribution in [3.05, 3.63) is 129 Å². The monoisotopic (exact) mass is 568 g/mol. The maximum atomic E-state index is 14.1. The van der Waals surface area contributed by atoms with Gasteiger partial charge in [-0.15, -0.1) is 12.3 Å². The third-order valence-corrected chi connectivity index (χ3v) is 7.78. The lowest BCUT2D eigenvalue weighted by Gasteiger charge is -2.50. The van der Waals surface area contributed by atoms with Gasteiger partial charge >= 0.3 is 5.69 Å². The standard InChI is InChI=1S/C34H36N2O6/c1-5-6-7-11-23-35-31(38)22-24-36(32(35)39)34(40,25(2)37)33(26-12-9-8-10-13-26,27-14-18-29(41-3)19-15-27)28-16-20-30(42-4)21-17-28/h1,8-10,12-22,24-25,37,40H,6-7,11,23H2,2-4H3. The number of aliphatic hydroxyl groups excluding tert-OH is 1. The summed E-state index contributed by atoms with van der Waals surface area (Å²) in [4.78, 5) is 27.0. The van der Waals surface area contributed by atoms with E-state index in [2.05, 4.69) is 5.92 Å². The zero-order valence-electron chi connectivity index (χ0n) is 24.1. The summed E-state index contributed by atoms with van der Waals surface area (Å²) >= 11 is 0. The van der Waals surface area contributed by atoms with Crippen molar-refractivity contribution in [2.75, 3.05) is 14.2 Å². The molecule has 0 amide bonds. The number of nitrogens with zero attached hydrogens (tertiary/aromatic N) is 2. The smallest absolute Gasteiger partial charge is 0.333 e. The van der Waals surface area contributed by atoms with Crippen LogP contribution in [0.5, 0.6) is 11.5 Å². The molecule has 218 valence electrons. The van der Waals surface area contributed by atoms with E-state index in [1.165, 1.54) is 19.2 Å². The maximum absolute atomic E-state index is 14.1. The van der Waals surface area contributed by atoms with Crippen LogP contribution in [0.25, 0.3) is 0 Å². The molecule has 0 spiro atoms. The Morgan fingerprint density at radius 2 is 1.36 bits per heavy atom. The average Bonchev–Trinajstić information content (AvgIpc) is 3.02. The van der Waals surface area contributed by atoms with Gasteiger partial charge in [-0.25, -0.2) is 4.79 Å². The Hall–Kier alpha value is -4.58. The molecule has 1 aromatic heterocycles. The SMILES string of the molecule is C#CCCCCn1c(=O)ccn(C(O)(C(C)O)C(c2ccccc2)(c2ccc(OC)cc2)c2ccc(OC)cc2)c1=O. The molecule has 42 heavy (non-hydrogen) atoms. The summed E-state index contributed by atoms with van der Waals surface area (Å²) in [5, 5.41) is 24.7. The molecule has 0 radical (unpaired) electrons. The van der Waals surface area contributed by atoms with Gasteiger partial charge in [0.05, 0.1) is 19.6 Å².